The van der Waals surface area contributed by atoms with Gasteiger partial charge < -0.3 is 14.6 Å². The smallest absolute Gasteiger partial charge is 0.220 e. The molecule has 1 aromatic heterocycles. The van der Waals surface area contributed by atoms with Crippen LogP contribution in [0.25, 0.3) is 11.3 Å². The molecule has 0 aliphatic carbocycles. The van der Waals surface area contributed by atoms with Crippen LogP contribution in [0, 0.1) is 19.7 Å². The summed E-state index contributed by atoms with van der Waals surface area (Å²) in [4.78, 5) is 18.6. The molecule has 0 bridgehead atoms. The first kappa shape index (κ1) is 21.7. The number of hydrogen-bond acceptors (Lipinski definition) is 4. The van der Waals surface area contributed by atoms with Crippen molar-refractivity contribution in [1.29, 1.82) is 0 Å². The molecule has 1 heterocycles. The van der Waals surface area contributed by atoms with E-state index in [2.05, 4.69) is 36.3 Å². The van der Waals surface area contributed by atoms with E-state index < -0.39 is 0 Å². The van der Waals surface area contributed by atoms with Crippen LogP contribution in [-0.2, 0) is 11.2 Å². The van der Waals surface area contributed by atoms with Gasteiger partial charge in [0, 0.05) is 24.9 Å². The van der Waals surface area contributed by atoms with Gasteiger partial charge in [0.05, 0.1) is 12.2 Å². The lowest BCUT2D eigenvalue weighted by molar-refractivity contribution is -0.121. The maximum Gasteiger partial charge on any atom is 0.220 e. The monoisotopic (exact) mass is 409 g/mol. The number of aryl methyl sites for hydroxylation is 3. The van der Waals surface area contributed by atoms with Crippen LogP contribution in [0.4, 0.5) is 4.39 Å². The largest absolute Gasteiger partial charge is 0.441 e. The third kappa shape index (κ3) is 5.54. The molecule has 3 rings (SSSR count). The molecular formula is C24H28FN3O2. The number of hydrogen-bond donors (Lipinski definition) is 1. The van der Waals surface area contributed by atoms with Gasteiger partial charge in [-0.15, -0.1) is 0 Å². The van der Waals surface area contributed by atoms with Crippen molar-refractivity contribution in [2.24, 2.45) is 0 Å². The Labute approximate surface area is 176 Å². The highest BCUT2D eigenvalue weighted by Gasteiger charge is 2.16. The Hall–Kier alpha value is -2.99. The molecular weight excluding hydrogens is 381 g/mol. The average Bonchev–Trinajstić information content (AvgIpc) is 3.17. The second kappa shape index (κ2) is 9.67. The van der Waals surface area contributed by atoms with Gasteiger partial charge in [0.15, 0.2) is 11.7 Å². The zero-order valence-electron chi connectivity index (χ0n) is 17.9. The van der Waals surface area contributed by atoms with Gasteiger partial charge in [-0.05, 0) is 62.8 Å². The molecule has 0 saturated carbocycles. The first-order valence-corrected chi connectivity index (χ1v) is 10.0. The molecule has 0 fully saturated rings. The molecule has 3 aromatic rings. The van der Waals surface area contributed by atoms with Gasteiger partial charge in [-0.25, -0.2) is 9.37 Å². The van der Waals surface area contributed by atoms with Crippen molar-refractivity contribution in [3.8, 4) is 11.3 Å². The first-order valence-electron chi connectivity index (χ1n) is 10.0. The number of benzene rings is 2. The topological polar surface area (TPSA) is 58.4 Å². The van der Waals surface area contributed by atoms with Crippen LogP contribution in [0.1, 0.15) is 35.0 Å². The summed E-state index contributed by atoms with van der Waals surface area (Å²) in [6.45, 7) is 4.53. The number of carbonyl (C=O) groups excluding carboxylic acids is 1. The molecule has 1 amide bonds. The third-order valence-corrected chi connectivity index (χ3v) is 5.26. The van der Waals surface area contributed by atoms with Crippen molar-refractivity contribution in [3.05, 3.63) is 77.1 Å². The number of nitrogens with zero attached hydrogens (tertiary/aromatic N) is 2. The van der Waals surface area contributed by atoms with E-state index in [-0.39, 0.29) is 24.2 Å². The van der Waals surface area contributed by atoms with Gasteiger partial charge in [-0.2, -0.15) is 0 Å². The van der Waals surface area contributed by atoms with E-state index in [4.69, 9.17) is 4.42 Å². The van der Waals surface area contributed by atoms with Crippen LogP contribution >= 0.6 is 0 Å². The summed E-state index contributed by atoms with van der Waals surface area (Å²) < 4.78 is 19.4. The molecule has 6 heteroatoms. The lowest BCUT2D eigenvalue weighted by atomic mass is 10.1. The minimum Gasteiger partial charge on any atom is -0.441 e. The molecule has 1 unspecified atom stereocenters. The van der Waals surface area contributed by atoms with Gasteiger partial charge in [0.2, 0.25) is 5.91 Å². The quantitative estimate of drug-likeness (QED) is 0.597. The highest BCUT2D eigenvalue weighted by Crippen LogP contribution is 2.23. The number of nitrogens with one attached hydrogen (secondary N) is 1. The summed E-state index contributed by atoms with van der Waals surface area (Å²) in [6, 6.07) is 12.5. The van der Waals surface area contributed by atoms with Gasteiger partial charge in [0.1, 0.15) is 5.82 Å². The Bertz CT molecular complexity index is 1010. The molecule has 1 atom stereocenters. The number of aromatic nitrogens is 1. The zero-order chi connectivity index (χ0) is 21.7. The number of likely N-dealkylation sites (N-methyl/N-ethyl adjacent to an activating group) is 1. The molecule has 0 aliphatic heterocycles. The van der Waals surface area contributed by atoms with E-state index in [1.165, 1.54) is 23.3 Å². The molecule has 0 spiro atoms. The Morgan fingerprint density at radius 3 is 2.67 bits per heavy atom. The van der Waals surface area contributed by atoms with Crippen LogP contribution < -0.4 is 5.32 Å². The zero-order valence-corrected chi connectivity index (χ0v) is 17.9. The minimum atomic E-state index is -0.283. The van der Waals surface area contributed by atoms with Crippen LogP contribution in [0.3, 0.4) is 0 Å². The van der Waals surface area contributed by atoms with E-state index in [1.807, 2.05) is 31.1 Å². The fourth-order valence-electron chi connectivity index (χ4n) is 3.29. The summed E-state index contributed by atoms with van der Waals surface area (Å²) in [7, 11) is 3.81. The Morgan fingerprint density at radius 2 is 1.97 bits per heavy atom. The first-order chi connectivity index (χ1) is 14.3. The maximum atomic E-state index is 13.5. The number of oxazole rings is 1. The summed E-state index contributed by atoms with van der Waals surface area (Å²) in [5.41, 5.74) is 4.22. The number of amides is 1. The molecule has 30 heavy (non-hydrogen) atoms. The van der Waals surface area contributed by atoms with Gasteiger partial charge in [-0.1, -0.05) is 24.3 Å². The van der Waals surface area contributed by atoms with Gasteiger partial charge >= 0.3 is 0 Å². The van der Waals surface area contributed by atoms with E-state index in [1.54, 1.807) is 12.3 Å². The second-order valence-electron chi connectivity index (χ2n) is 7.76. The number of rotatable bonds is 8. The van der Waals surface area contributed by atoms with Crippen LogP contribution in [0.15, 0.2) is 53.1 Å². The van der Waals surface area contributed by atoms with Crippen molar-refractivity contribution >= 4 is 5.91 Å². The van der Waals surface area contributed by atoms with E-state index in [9.17, 15) is 9.18 Å². The lowest BCUT2D eigenvalue weighted by Crippen LogP contribution is -2.34. The maximum absolute atomic E-state index is 13.5. The standard InChI is InChI=1S/C24H28FN3O2/c1-16-8-9-19(12-17(16)2)22-15-27-24(30-22)11-10-23(29)26-14-21(28(3)4)18-6-5-7-20(25)13-18/h5-9,12-13,15,21H,10-11,14H2,1-4H3,(H,26,29). The van der Waals surface area contributed by atoms with Crippen LogP contribution in [-0.4, -0.2) is 36.4 Å². The predicted octanol–water partition coefficient (Wildman–Crippen LogP) is 4.45. The Morgan fingerprint density at radius 1 is 1.17 bits per heavy atom. The van der Waals surface area contributed by atoms with E-state index >= 15 is 0 Å². The normalized spacial score (nSPS) is 12.2. The third-order valence-electron chi connectivity index (χ3n) is 5.26. The van der Waals surface area contributed by atoms with Crippen molar-refractivity contribution in [3.63, 3.8) is 0 Å². The molecule has 0 aliphatic rings. The van der Waals surface area contributed by atoms with Crippen LogP contribution in [0.5, 0.6) is 0 Å². The van der Waals surface area contributed by atoms with Crippen molar-refractivity contribution < 1.29 is 13.6 Å². The molecule has 1 N–H and O–H groups in total. The molecule has 0 radical (unpaired) electrons. The number of carbonyl (C=O) groups is 1. The van der Waals surface area contributed by atoms with E-state index in [0.717, 1.165) is 11.1 Å². The molecule has 5 nitrogen and oxygen atoms in total. The summed E-state index contributed by atoms with van der Waals surface area (Å²) in [5.74, 6) is 0.860. The summed E-state index contributed by atoms with van der Waals surface area (Å²) in [5, 5.41) is 2.93. The summed E-state index contributed by atoms with van der Waals surface area (Å²) >= 11 is 0. The Balaban J connectivity index is 1.54. The average molecular weight is 410 g/mol. The predicted molar refractivity (Wildman–Crippen MR) is 116 cm³/mol. The molecule has 158 valence electrons. The Kier molecular flexibility index (Phi) is 7.00. The van der Waals surface area contributed by atoms with Crippen LogP contribution in [0.2, 0.25) is 0 Å². The highest BCUT2D eigenvalue weighted by atomic mass is 19.1. The van der Waals surface area contributed by atoms with Gasteiger partial charge in [0.25, 0.3) is 0 Å². The fourth-order valence-corrected chi connectivity index (χ4v) is 3.29. The molecule has 2 aromatic carbocycles. The minimum absolute atomic E-state index is 0.0933. The lowest BCUT2D eigenvalue weighted by Gasteiger charge is -2.25. The van der Waals surface area contributed by atoms with Gasteiger partial charge in [-0.3, -0.25) is 4.79 Å². The highest BCUT2D eigenvalue weighted by molar-refractivity contribution is 5.76. The van der Waals surface area contributed by atoms with Crippen molar-refractivity contribution in [2.45, 2.75) is 32.7 Å². The van der Waals surface area contributed by atoms with Crippen molar-refractivity contribution in [2.75, 3.05) is 20.6 Å². The SMILES string of the molecule is Cc1ccc(-c2cnc(CCC(=O)NCC(c3cccc(F)c3)N(C)C)o2)cc1C. The summed E-state index contributed by atoms with van der Waals surface area (Å²) in [6.07, 6.45) is 2.39. The number of halogens is 1. The fraction of sp³-hybridized carbons (Fsp3) is 0.333. The second-order valence-corrected chi connectivity index (χ2v) is 7.76. The van der Waals surface area contributed by atoms with Crippen molar-refractivity contribution in [1.82, 2.24) is 15.2 Å². The van der Waals surface area contributed by atoms with E-state index in [0.29, 0.717) is 24.6 Å². The molecule has 0 saturated heterocycles.